The van der Waals surface area contributed by atoms with Crippen LogP contribution in [-0.4, -0.2) is 15.7 Å². The van der Waals surface area contributed by atoms with Gasteiger partial charge in [0.05, 0.1) is 10.6 Å². The highest BCUT2D eigenvalue weighted by atomic mass is 32.2. The topological polar surface area (TPSA) is 75.7 Å². The number of nitro benzene ring substituents is 1. The number of hydrogen-bond acceptors (Lipinski definition) is 5. The summed E-state index contributed by atoms with van der Waals surface area (Å²) in [6.45, 7) is 0. The molecule has 0 saturated heterocycles. The van der Waals surface area contributed by atoms with Crippen molar-refractivity contribution in [3.05, 3.63) is 94.0 Å². The summed E-state index contributed by atoms with van der Waals surface area (Å²) in [5.74, 6) is 0.0601. The van der Waals surface area contributed by atoms with Gasteiger partial charge >= 0.3 is 0 Å². The Bertz CT molecular complexity index is 1030. The van der Waals surface area contributed by atoms with E-state index in [0.29, 0.717) is 12.0 Å². The molecule has 3 aromatic carbocycles. The number of hydrogen-bond donors (Lipinski definition) is 1. The Kier molecular flexibility index (Phi) is 4.64. The first-order chi connectivity index (χ1) is 13.1. The molecule has 3 aromatic rings. The molecule has 0 radical (unpaired) electrons. The lowest BCUT2D eigenvalue weighted by molar-refractivity contribution is -0.384. The van der Waals surface area contributed by atoms with Gasteiger partial charge in [0, 0.05) is 40.0 Å². The SMILES string of the molecule is O=[N+]([O-])c1ccc(O)c(C2CC(c3ccccc3)=Nc3ccccc3S2)c1. The van der Waals surface area contributed by atoms with Crippen molar-refractivity contribution in [3.8, 4) is 5.75 Å². The summed E-state index contributed by atoms with van der Waals surface area (Å²) in [7, 11) is 0. The summed E-state index contributed by atoms with van der Waals surface area (Å²) < 4.78 is 0. The van der Waals surface area contributed by atoms with E-state index < -0.39 is 4.92 Å². The van der Waals surface area contributed by atoms with Crippen LogP contribution in [0, 0.1) is 10.1 Å². The summed E-state index contributed by atoms with van der Waals surface area (Å²) in [4.78, 5) is 16.6. The molecule has 0 aliphatic carbocycles. The Morgan fingerprint density at radius 3 is 2.56 bits per heavy atom. The predicted octanol–water partition coefficient (Wildman–Crippen LogP) is 5.66. The van der Waals surface area contributed by atoms with Crippen molar-refractivity contribution in [3.63, 3.8) is 0 Å². The lowest BCUT2D eigenvalue weighted by Gasteiger charge is -2.17. The molecule has 6 heteroatoms. The molecule has 5 nitrogen and oxygen atoms in total. The molecule has 0 fully saturated rings. The number of para-hydroxylation sites is 1. The van der Waals surface area contributed by atoms with Gasteiger partial charge < -0.3 is 5.11 Å². The van der Waals surface area contributed by atoms with Crippen molar-refractivity contribution >= 4 is 28.8 Å². The minimum absolute atomic E-state index is 0.0286. The van der Waals surface area contributed by atoms with Crippen LogP contribution in [0.2, 0.25) is 0 Å². The lowest BCUT2D eigenvalue weighted by atomic mass is 10.00. The van der Waals surface area contributed by atoms with Gasteiger partial charge in [-0.1, -0.05) is 42.5 Å². The van der Waals surface area contributed by atoms with Crippen LogP contribution in [0.15, 0.2) is 82.7 Å². The molecular formula is C21H16N2O3S. The fourth-order valence-electron chi connectivity index (χ4n) is 3.11. The number of aliphatic imine (C=N–C) groups is 1. The van der Waals surface area contributed by atoms with E-state index in [4.69, 9.17) is 4.99 Å². The monoisotopic (exact) mass is 376 g/mol. The van der Waals surface area contributed by atoms with E-state index in [9.17, 15) is 15.2 Å². The molecule has 1 heterocycles. The van der Waals surface area contributed by atoms with Crippen molar-refractivity contribution in [1.82, 2.24) is 0 Å². The molecule has 0 aromatic heterocycles. The van der Waals surface area contributed by atoms with Gasteiger partial charge in [0.15, 0.2) is 0 Å². The van der Waals surface area contributed by atoms with E-state index in [2.05, 4.69) is 0 Å². The molecule has 0 spiro atoms. The Balaban J connectivity index is 1.83. The third-order valence-electron chi connectivity index (χ3n) is 4.44. The molecular weight excluding hydrogens is 360 g/mol. The van der Waals surface area contributed by atoms with E-state index in [1.807, 2.05) is 54.6 Å². The molecule has 134 valence electrons. The average molecular weight is 376 g/mol. The van der Waals surface area contributed by atoms with Gasteiger partial charge in [-0.15, -0.1) is 11.8 Å². The average Bonchev–Trinajstić information content (AvgIpc) is 2.88. The molecule has 0 bridgehead atoms. The van der Waals surface area contributed by atoms with E-state index in [1.165, 1.54) is 18.2 Å². The third-order valence-corrected chi connectivity index (χ3v) is 5.75. The predicted molar refractivity (Wildman–Crippen MR) is 107 cm³/mol. The fourth-order valence-corrected chi connectivity index (χ4v) is 4.37. The second-order valence-electron chi connectivity index (χ2n) is 6.20. The highest BCUT2D eigenvalue weighted by molar-refractivity contribution is 7.99. The molecule has 4 rings (SSSR count). The zero-order valence-electron chi connectivity index (χ0n) is 14.3. The van der Waals surface area contributed by atoms with Crippen molar-refractivity contribution in [2.75, 3.05) is 0 Å². The first-order valence-electron chi connectivity index (χ1n) is 8.48. The lowest BCUT2D eigenvalue weighted by Crippen LogP contribution is -2.06. The van der Waals surface area contributed by atoms with Crippen LogP contribution in [0.1, 0.15) is 22.8 Å². The zero-order chi connectivity index (χ0) is 18.8. The maximum absolute atomic E-state index is 11.2. The number of phenolic OH excluding ortho intramolecular Hbond substituents is 1. The Morgan fingerprint density at radius 1 is 1.04 bits per heavy atom. The standard InChI is InChI=1S/C21H16N2O3S/c24-19-11-10-15(23(25)26)12-16(19)21-13-18(14-6-2-1-3-7-14)22-17-8-4-5-9-20(17)27-21/h1-12,21,24H,13H2. The smallest absolute Gasteiger partial charge is 0.270 e. The van der Waals surface area contributed by atoms with Crippen molar-refractivity contribution in [2.45, 2.75) is 16.6 Å². The number of rotatable bonds is 3. The van der Waals surface area contributed by atoms with Gasteiger partial charge in [-0.05, 0) is 23.8 Å². The number of thioether (sulfide) groups is 1. The maximum Gasteiger partial charge on any atom is 0.270 e. The first-order valence-corrected chi connectivity index (χ1v) is 9.36. The number of nitrogens with zero attached hydrogens (tertiary/aromatic N) is 2. The number of benzene rings is 3. The normalized spacial score (nSPS) is 16.1. The Labute approximate surface area is 160 Å². The van der Waals surface area contributed by atoms with Gasteiger partial charge in [0.25, 0.3) is 5.69 Å². The van der Waals surface area contributed by atoms with Crippen LogP contribution in [0.4, 0.5) is 11.4 Å². The molecule has 1 aliphatic heterocycles. The second-order valence-corrected chi connectivity index (χ2v) is 7.45. The van der Waals surface area contributed by atoms with Crippen molar-refractivity contribution in [1.29, 1.82) is 0 Å². The number of fused-ring (bicyclic) bond motifs is 1. The minimum Gasteiger partial charge on any atom is -0.508 e. The van der Waals surface area contributed by atoms with Gasteiger partial charge in [-0.2, -0.15) is 0 Å². The summed E-state index contributed by atoms with van der Waals surface area (Å²) in [6, 6.07) is 21.9. The van der Waals surface area contributed by atoms with Crippen LogP contribution < -0.4 is 0 Å². The van der Waals surface area contributed by atoms with Gasteiger partial charge in [-0.3, -0.25) is 15.1 Å². The molecule has 1 aliphatic rings. The van der Waals surface area contributed by atoms with Crippen molar-refractivity contribution in [2.24, 2.45) is 4.99 Å². The quantitative estimate of drug-likeness (QED) is 0.473. The largest absolute Gasteiger partial charge is 0.508 e. The molecule has 27 heavy (non-hydrogen) atoms. The van der Waals surface area contributed by atoms with Gasteiger partial charge in [-0.25, -0.2) is 0 Å². The zero-order valence-corrected chi connectivity index (χ0v) is 15.1. The van der Waals surface area contributed by atoms with Crippen molar-refractivity contribution < 1.29 is 10.0 Å². The number of phenols is 1. The summed E-state index contributed by atoms with van der Waals surface area (Å²) in [6.07, 6.45) is 0.554. The fraction of sp³-hybridized carbons (Fsp3) is 0.0952. The van der Waals surface area contributed by atoms with Gasteiger partial charge in [0.2, 0.25) is 0 Å². The summed E-state index contributed by atoms with van der Waals surface area (Å²) in [5.41, 5.74) is 3.29. The highest BCUT2D eigenvalue weighted by Gasteiger charge is 2.26. The van der Waals surface area contributed by atoms with E-state index >= 15 is 0 Å². The Hall–Kier alpha value is -3.12. The van der Waals surface area contributed by atoms with Crippen LogP contribution in [-0.2, 0) is 0 Å². The first kappa shape index (κ1) is 17.3. The van der Waals surface area contributed by atoms with Crippen LogP contribution in [0.3, 0.4) is 0 Å². The minimum atomic E-state index is -0.440. The maximum atomic E-state index is 11.2. The number of nitro groups is 1. The molecule has 1 atom stereocenters. The number of non-ortho nitro benzene ring substituents is 1. The molecule has 1 unspecified atom stereocenters. The second kappa shape index (κ2) is 7.25. The van der Waals surface area contributed by atoms with E-state index in [-0.39, 0.29) is 16.7 Å². The van der Waals surface area contributed by atoms with E-state index in [0.717, 1.165) is 21.9 Å². The summed E-state index contributed by atoms with van der Waals surface area (Å²) >= 11 is 1.57. The third kappa shape index (κ3) is 3.57. The Morgan fingerprint density at radius 2 is 1.78 bits per heavy atom. The van der Waals surface area contributed by atoms with Crippen LogP contribution in [0.25, 0.3) is 0 Å². The number of aromatic hydroxyl groups is 1. The molecule has 0 amide bonds. The summed E-state index contributed by atoms with van der Waals surface area (Å²) in [5, 5.41) is 21.4. The highest BCUT2D eigenvalue weighted by Crippen LogP contribution is 2.48. The van der Waals surface area contributed by atoms with Gasteiger partial charge in [0.1, 0.15) is 5.75 Å². The molecule has 1 N–H and O–H groups in total. The van der Waals surface area contributed by atoms with Crippen LogP contribution >= 0.6 is 11.8 Å². The molecule has 0 saturated carbocycles. The van der Waals surface area contributed by atoms with E-state index in [1.54, 1.807) is 11.8 Å². The van der Waals surface area contributed by atoms with Crippen LogP contribution in [0.5, 0.6) is 5.75 Å².